The highest BCUT2D eigenvalue weighted by Crippen LogP contribution is 2.24. The topological polar surface area (TPSA) is 49.4 Å². The minimum absolute atomic E-state index is 0.440. The average Bonchev–Trinajstić information content (AvgIpc) is 2.39. The lowest BCUT2D eigenvalue weighted by atomic mass is 10.2. The van der Waals surface area contributed by atoms with Crippen LogP contribution in [0.25, 0.3) is 0 Å². The molecule has 0 atom stereocenters. The number of hydrogen-bond acceptors (Lipinski definition) is 3. The van der Waals surface area contributed by atoms with Crippen LogP contribution in [-0.2, 0) is 16.4 Å². The van der Waals surface area contributed by atoms with E-state index in [-0.39, 0.29) is 0 Å². The summed E-state index contributed by atoms with van der Waals surface area (Å²) in [6.45, 7) is 4.50. The molecule has 4 nitrogen and oxygen atoms in total. The molecule has 18 heavy (non-hydrogen) atoms. The molecule has 0 radical (unpaired) electrons. The maximum absolute atomic E-state index is 12.6. The summed E-state index contributed by atoms with van der Waals surface area (Å²) in [5.74, 6) is 0. The van der Waals surface area contributed by atoms with Crippen LogP contribution in [0.1, 0.15) is 12.5 Å². The third kappa shape index (κ3) is 2.77. The van der Waals surface area contributed by atoms with Gasteiger partial charge in [-0.05, 0) is 30.2 Å². The predicted molar refractivity (Wildman–Crippen MR) is 75.1 cm³/mol. The molecule has 0 aromatic heterocycles. The first-order chi connectivity index (χ1) is 8.55. The summed E-state index contributed by atoms with van der Waals surface area (Å²) >= 11 is 3.38. The quantitative estimate of drug-likeness (QED) is 0.914. The molecular weight excluding hydrogens is 316 g/mol. The Morgan fingerprint density at radius 3 is 2.61 bits per heavy atom. The summed E-state index contributed by atoms with van der Waals surface area (Å²) in [4.78, 5) is 0.440. The Bertz CT molecular complexity index is 525. The zero-order valence-corrected chi connectivity index (χ0v) is 12.7. The van der Waals surface area contributed by atoms with E-state index in [1.54, 1.807) is 16.4 Å². The van der Waals surface area contributed by atoms with Gasteiger partial charge in [0.05, 0.1) is 4.90 Å². The second-order valence-corrected chi connectivity index (χ2v) is 7.08. The fourth-order valence-corrected chi connectivity index (χ4v) is 4.22. The standard InChI is InChI=1S/C12H17BrN2O2S/c1-2-10-9-11(13)3-4-12(10)18(16,17)15-7-5-14-6-8-15/h3-4,9,14H,2,5-8H2,1H3. The predicted octanol–water partition coefficient (Wildman–Crippen LogP) is 1.61. The van der Waals surface area contributed by atoms with Crippen LogP contribution in [0.15, 0.2) is 27.6 Å². The highest BCUT2D eigenvalue weighted by molar-refractivity contribution is 9.10. The lowest BCUT2D eigenvalue weighted by Crippen LogP contribution is -2.46. The summed E-state index contributed by atoms with van der Waals surface area (Å²) < 4.78 is 27.6. The number of benzene rings is 1. The van der Waals surface area contributed by atoms with Gasteiger partial charge in [-0.25, -0.2) is 8.42 Å². The van der Waals surface area contributed by atoms with Crippen molar-refractivity contribution in [1.82, 2.24) is 9.62 Å². The minimum atomic E-state index is -3.35. The molecule has 1 aromatic carbocycles. The summed E-state index contributed by atoms with van der Waals surface area (Å²) in [5, 5.41) is 3.16. The van der Waals surface area contributed by atoms with Crippen molar-refractivity contribution in [2.45, 2.75) is 18.2 Å². The Hall–Kier alpha value is -0.430. The Morgan fingerprint density at radius 1 is 1.33 bits per heavy atom. The van der Waals surface area contributed by atoms with Gasteiger partial charge in [0.2, 0.25) is 10.0 Å². The van der Waals surface area contributed by atoms with E-state index >= 15 is 0 Å². The molecule has 0 bridgehead atoms. The second-order valence-electron chi connectivity index (χ2n) is 4.26. The highest BCUT2D eigenvalue weighted by Gasteiger charge is 2.27. The number of nitrogens with zero attached hydrogens (tertiary/aromatic N) is 1. The molecule has 0 saturated carbocycles. The normalized spacial score (nSPS) is 17.9. The molecule has 0 spiro atoms. The van der Waals surface area contributed by atoms with E-state index in [4.69, 9.17) is 0 Å². The van der Waals surface area contributed by atoms with Crippen molar-refractivity contribution in [1.29, 1.82) is 0 Å². The zero-order chi connectivity index (χ0) is 13.2. The van der Waals surface area contributed by atoms with E-state index in [0.717, 1.165) is 23.1 Å². The van der Waals surface area contributed by atoms with E-state index in [0.29, 0.717) is 24.4 Å². The first kappa shape index (κ1) is 14.0. The molecule has 1 N–H and O–H groups in total. The molecular formula is C12H17BrN2O2S. The molecule has 1 aromatic rings. The van der Waals surface area contributed by atoms with Crippen LogP contribution < -0.4 is 5.32 Å². The molecule has 0 unspecified atom stereocenters. The van der Waals surface area contributed by atoms with Gasteiger partial charge in [0, 0.05) is 30.7 Å². The Morgan fingerprint density at radius 2 is 2.00 bits per heavy atom. The molecule has 0 amide bonds. The number of sulfonamides is 1. The molecule has 2 rings (SSSR count). The van der Waals surface area contributed by atoms with Crippen LogP contribution in [0.2, 0.25) is 0 Å². The fourth-order valence-electron chi connectivity index (χ4n) is 2.10. The number of nitrogens with one attached hydrogen (secondary N) is 1. The largest absolute Gasteiger partial charge is 0.314 e. The number of rotatable bonds is 3. The van der Waals surface area contributed by atoms with Gasteiger partial charge in [-0.15, -0.1) is 0 Å². The lowest BCUT2D eigenvalue weighted by molar-refractivity contribution is 0.360. The number of piperazine rings is 1. The van der Waals surface area contributed by atoms with Gasteiger partial charge in [-0.2, -0.15) is 4.31 Å². The van der Waals surface area contributed by atoms with Crippen LogP contribution >= 0.6 is 15.9 Å². The van der Waals surface area contributed by atoms with E-state index in [1.807, 2.05) is 13.0 Å². The number of hydrogen-bond donors (Lipinski definition) is 1. The third-order valence-electron chi connectivity index (χ3n) is 3.10. The maximum atomic E-state index is 12.6. The average molecular weight is 333 g/mol. The van der Waals surface area contributed by atoms with Gasteiger partial charge >= 0.3 is 0 Å². The lowest BCUT2D eigenvalue weighted by Gasteiger charge is -2.27. The summed E-state index contributed by atoms with van der Waals surface area (Å²) in [7, 11) is -3.35. The van der Waals surface area contributed by atoms with E-state index in [1.165, 1.54) is 0 Å². The first-order valence-corrected chi connectivity index (χ1v) is 8.28. The summed E-state index contributed by atoms with van der Waals surface area (Å²) in [6, 6.07) is 5.36. The molecule has 6 heteroatoms. The molecule has 0 aliphatic carbocycles. The van der Waals surface area contributed by atoms with Crippen molar-refractivity contribution in [2.24, 2.45) is 0 Å². The second kappa shape index (κ2) is 5.69. The van der Waals surface area contributed by atoms with Crippen LogP contribution in [-0.4, -0.2) is 38.9 Å². The van der Waals surface area contributed by atoms with Crippen molar-refractivity contribution in [3.8, 4) is 0 Å². The molecule has 100 valence electrons. The first-order valence-electron chi connectivity index (χ1n) is 6.05. The molecule has 1 aliphatic rings. The SMILES string of the molecule is CCc1cc(Br)ccc1S(=O)(=O)N1CCNCC1. The van der Waals surface area contributed by atoms with Crippen molar-refractivity contribution >= 4 is 26.0 Å². The van der Waals surface area contributed by atoms with E-state index in [9.17, 15) is 8.42 Å². The maximum Gasteiger partial charge on any atom is 0.243 e. The van der Waals surface area contributed by atoms with Gasteiger partial charge in [0.25, 0.3) is 0 Å². The molecule has 1 aliphatic heterocycles. The van der Waals surface area contributed by atoms with Crippen molar-refractivity contribution in [2.75, 3.05) is 26.2 Å². The Balaban J connectivity index is 2.40. The van der Waals surface area contributed by atoms with Crippen LogP contribution in [0, 0.1) is 0 Å². The van der Waals surface area contributed by atoms with Crippen molar-refractivity contribution in [3.63, 3.8) is 0 Å². The Labute approximate surface area is 117 Å². The summed E-state index contributed by atoms with van der Waals surface area (Å²) in [5.41, 5.74) is 0.864. The smallest absolute Gasteiger partial charge is 0.243 e. The molecule has 1 heterocycles. The van der Waals surface area contributed by atoms with Crippen molar-refractivity contribution in [3.05, 3.63) is 28.2 Å². The summed E-state index contributed by atoms with van der Waals surface area (Å²) in [6.07, 6.45) is 0.708. The third-order valence-corrected chi connectivity index (χ3v) is 5.59. The monoisotopic (exact) mass is 332 g/mol. The fraction of sp³-hybridized carbons (Fsp3) is 0.500. The Kier molecular flexibility index (Phi) is 4.42. The van der Waals surface area contributed by atoms with Gasteiger partial charge in [-0.1, -0.05) is 22.9 Å². The van der Waals surface area contributed by atoms with Gasteiger partial charge in [0.15, 0.2) is 0 Å². The van der Waals surface area contributed by atoms with E-state index < -0.39 is 10.0 Å². The molecule has 1 fully saturated rings. The van der Waals surface area contributed by atoms with Crippen LogP contribution in [0.4, 0.5) is 0 Å². The van der Waals surface area contributed by atoms with Gasteiger partial charge in [0.1, 0.15) is 0 Å². The van der Waals surface area contributed by atoms with Crippen LogP contribution in [0.5, 0.6) is 0 Å². The number of halogens is 1. The zero-order valence-electron chi connectivity index (χ0n) is 10.3. The number of aryl methyl sites for hydroxylation is 1. The van der Waals surface area contributed by atoms with Crippen molar-refractivity contribution < 1.29 is 8.42 Å². The van der Waals surface area contributed by atoms with Gasteiger partial charge in [-0.3, -0.25) is 0 Å². The molecule has 1 saturated heterocycles. The minimum Gasteiger partial charge on any atom is -0.314 e. The van der Waals surface area contributed by atoms with E-state index in [2.05, 4.69) is 21.2 Å². The highest BCUT2D eigenvalue weighted by atomic mass is 79.9. The van der Waals surface area contributed by atoms with Gasteiger partial charge < -0.3 is 5.32 Å². The van der Waals surface area contributed by atoms with Crippen LogP contribution in [0.3, 0.4) is 0 Å².